The van der Waals surface area contributed by atoms with Crippen LogP contribution < -0.4 is 5.32 Å². The first-order valence-electron chi connectivity index (χ1n) is 5.98. The predicted octanol–water partition coefficient (Wildman–Crippen LogP) is 3.92. The van der Waals surface area contributed by atoms with Crippen LogP contribution in [0.4, 0.5) is 0 Å². The molecule has 1 aromatic carbocycles. The van der Waals surface area contributed by atoms with Gasteiger partial charge in [-0.25, -0.2) is 0 Å². The summed E-state index contributed by atoms with van der Waals surface area (Å²) in [7, 11) is 0. The summed E-state index contributed by atoms with van der Waals surface area (Å²) in [6, 6.07) is 14.8. The van der Waals surface area contributed by atoms with E-state index in [1.165, 1.54) is 15.3 Å². The molecular weight excluding hydrogens is 238 g/mol. The van der Waals surface area contributed by atoms with Crippen molar-refractivity contribution in [3.05, 3.63) is 47.3 Å². The molecule has 1 aromatic heterocycles. The third-order valence-corrected chi connectivity index (χ3v) is 3.92. The summed E-state index contributed by atoms with van der Waals surface area (Å²) < 4.78 is 0. The van der Waals surface area contributed by atoms with Crippen LogP contribution in [0.25, 0.3) is 10.4 Å². The highest BCUT2D eigenvalue weighted by atomic mass is 32.1. The lowest BCUT2D eigenvalue weighted by molar-refractivity contribution is 0.494. The van der Waals surface area contributed by atoms with Gasteiger partial charge in [0.05, 0.1) is 5.54 Å². The van der Waals surface area contributed by atoms with E-state index in [2.05, 4.69) is 47.6 Å². The van der Waals surface area contributed by atoms with Gasteiger partial charge < -0.3 is 0 Å². The molecule has 92 valence electrons. The molecule has 0 amide bonds. The van der Waals surface area contributed by atoms with Gasteiger partial charge in [-0.1, -0.05) is 36.3 Å². The molecule has 0 fully saturated rings. The number of terminal acetylenes is 1. The first-order chi connectivity index (χ1) is 8.61. The predicted molar refractivity (Wildman–Crippen MR) is 79.5 cm³/mol. The van der Waals surface area contributed by atoms with Gasteiger partial charge in [0.15, 0.2) is 0 Å². The topological polar surface area (TPSA) is 12.0 Å². The SMILES string of the molecule is C#CC(C)(C)NCc1ccc(-c2ccccc2)s1. The lowest BCUT2D eigenvalue weighted by atomic mass is 10.1. The Morgan fingerprint density at radius 3 is 2.56 bits per heavy atom. The molecule has 18 heavy (non-hydrogen) atoms. The molecule has 0 spiro atoms. The Morgan fingerprint density at radius 1 is 1.17 bits per heavy atom. The first kappa shape index (κ1) is 12.9. The van der Waals surface area contributed by atoms with E-state index in [0.29, 0.717) is 0 Å². The van der Waals surface area contributed by atoms with Crippen molar-refractivity contribution in [3.8, 4) is 22.8 Å². The molecule has 2 aromatic rings. The Labute approximate surface area is 113 Å². The maximum Gasteiger partial charge on any atom is 0.0744 e. The number of hydrogen-bond acceptors (Lipinski definition) is 2. The van der Waals surface area contributed by atoms with Gasteiger partial charge in [0.2, 0.25) is 0 Å². The largest absolute Gasteiger partial charge is 0.297 e. The van der Waals surface area contributed by atoms with Crippen LogP contribution in [-0.4, -0.2) is 5.54 Å². The average molecular weight is 255 g/mol. The Kier molecular flexibility index (Phi) is 3.86. The van der Waals surface area contributed by atoms with Crippen LogP contribution >= 0.6 is 11.3 Å². The summed E-state index contributed by atoms with van der Waals surface area (Å²) in [4.78, 5) is 2.60. The van der Waals surface area contributed by atoms with Gasteiger partial charge >= 0.3 is 0 Å². The molecule has 0 atom stereocenters. The van der Waals surface area contributed by atoms with E-state index in [-0.39, 0.29) is 5.54 Å². The van der Waals surface area contributed by atoms with Gasteiger partial charge in [-0.05, 0) is 31.5 Å². The minimum Gasteiger partial charge on any atom is -0.297 e. The second kappa shape index (κ2) is 5.39. The fraction of sp³-hybridized carbons (Fsp3) is 0.250. The van der Waals surface area contributed by atoms with Gasteiger partial charge in [-0.3, -0.25) is 5.32 Å². The monoisotopic (exact) mass is 255 g/mol. The van der Waals surface area contributed by atoms with Crippen molar-refractivity contribution in [2.45, 2.75) is 25.9 Å². The Balaban J connectivity index is 2.06. The number of rotatable bonds is 4. The fourth-order valence-electron chi connectivity index (χ4n) is 1.59. The highest BCUT2D eigenvalue weighted by molar-refractivity contribution is 7.15. The number of nitrogens with one attached hydrogen (secondary N) is 1. The van der Waals surface area contributed by atoms with Crippen LogP contribution in [0.2, 0.25) is 0 Å². The van der Waals surface area contributed by atoms with E-state index in [9.17, 15) is 0 Å². The zero-order valence-corrected chi connectivity index (χ0v) is 11.6. The Morgan fingerprint density at radius 2 is 1.89 bits per heavy atom. The molecule has 0 aliphatic carbocycles. The first-order valence-corrected chi connectivity index (χ1v) is 6.79. The number of hydrogen-bond donors (Lipinski definition) is 1. The van der Waals surface area contributed by atoms with Gasteiger partial charge in [-0.2, -0.15) is 0 Å². The third kappa shape index (κ3) is 3.22. The molecule has 0 bridgehead atoms. The summed E-state index contributed by atoms with van der Waals surface area (Å²) >= 11 is 1.81. The Hall–Kier alpha value is -1.56. The molecule has 0 aliphatic rings. The van der Waals surface area contributed by atoms with Gasteiger partial charge in [0.25, 0.3) is 0 Å². The van der Waals surface area contributed by atoms with Crippen LogP contribution in [0.1, 0.15) is 18.7 Å². The quantitative estimate of drug-likeness (QED) is 0.817. The minimum absolute atomic E-state index is 0.253. The van der Waals surface area contributed by atoms with Crippen molar-refractivity contribution in [2.24, 2.45) is 0 Å². The molecular formula is C16H17NS. The van der Waals surface area contributed by atoms with E-state index < -0.39 is 0 Å². The molecule has 0 aliphatic heterocycles. The van der Waals surface area contributed by atoms with Crippen LogP contribution in [0, 0.1) is 12.3 Å². The van der Waals surface area contributed by atoms with E-state index >= 15 is 0 Å². The lowest BCUT2D eigenvalue weighted by Crippen LogP contribution is -2.36. The third-order valence-electron chi connectivity index (χ3n) is 2.79. The number of thiophene rings is 1. The minimum atomic E-state index is -0.253. The highest BCUT2D eigenvalue weighted by Gasteiger charge is 2.12. The van der Waals surface area contributed by atoms with Crippen molar-refractivity contribution in [1.82, 2.24) is 5.32 Å². The average Bonchev–Trinajstić information content (AvgIpc) is 2.86. The normalized spacial score (nSPS) is 11.2. The maximum atomic E-state index is 5.46. The van der Waals surface area contributed by atoms with E-state index in [1.807, 2.05) is 19.9 Å². The van der Waals surface area contributed by atoms with Gasteiger partial charge in [0, 0.05) is 16.3 Å². The summed E-state index contributed by atoms with van der Waals surface area (Å²) in [5, 5.41) is 3.36. The summed E-state index contributed by atoms with van der Waals surface area (Å²) in [5.74, 6) is 2.74. The molecule has 2 heteroatoms. The number of benzene rings is 1. The summed E-state index contributed by atoms with van der Waals surface area (Å²) in [5.41, 5.74) is 1.02. The van der Waals surface area contributed by atoms with E-state index in [0.717, 1.165) is 6.54 Å². The van der Waals surface area contributed by atoms with Gasteiger partial charge in [-0.15, -0.1) is 17.8 Å². The van der Waals surface area contributed by atoms with Gasteiger partial charge in [0.1, 0.15) is 0 Å². The molecule has 1 N–H and O–H groups in total. The standard InChI is InChI=1S/C16H17NS/c1-4-16(2,3)17-12-14-10-11-15(18-14)13-8-6-5-7-9-13/h1,5-11,17H,12H2,2-3H3. The zero-order valence-electron chi connectivity index (χ0n) is 10.7. The Bertz CT molecular complexity index is 546. The van der Waals surface area contributed by atoms with Crippen molar-refractivity contribution < 1.29 is 0 Å². The fourth-order valence-corrected chi connectivity index (χ4v) is 2.54. The van der Waals surface area contributed by atoms with Crippen molar-refractivity contribution >= 4 is 11.3 Å². The van der Waals surface area contributed by atoms with Crippen LogP contribution in [0.3, 0.4) is 0 Å². The molecule has 0 saturated carbocycles. The van der Waals surface area contributed by atoms with E-state index in [1.54, 1.807) is 11.3 Å². The summed E-state index contributed by atoms with van der Waals surface area (Å²) in [6.45, 7) is 4.84. The maximum absolute atomic E-state index is 5.46. The molecule has 1 heterocycles. The highest BCUT2D eigenvalue weighted by Crippen LogP contribution is 2.27. The second-order valence-corrected chi connectivity index (χ2v) is 5.92. The van der Waals surface area contributed by atoms with Crippen LogP contribution in [0.15, 0.2) is 42.5 Å². The second-order valence-electron chi connectivity index (χ2n) is 4.75. The lowest BCUT2D eigenvalue weighted by Gasteiger charge is -2.18. The van der Waals surface area contributed by atoms with Crippen LogP contribution in [0.5, 0.6) is 0 Å². The smallest absolute Gasteiger partial charge is 0.0744 e. The van der Waals surface area contributed by atoms with Crippen molar-refractivity contribution in [3.63, 3.8) is 0 Å². The molecule has 1 nitrogen and oxygen atoms in total. The molecule has 0 unspecified atom stereocenters. The molecule has 0 saturated heterocycles. The van der Waals surface area contributed by atoms with Crippen LogP contribution in [-0.2, 0) is 6.54 Å². The summed E-state index contributed by atoms with van der Waals surface area (Å²) in [6.07, 6.45) is 5.46. The van der Waals surface area contributed by atoms with Crippen molar-refractivity contribution in [2.75, 3.05) is 0 Å². The molecule has 2 rings (SSSR count). The van der Waals surface area contributed by atoms with Crippen molar-refractivity contribution in [1.29, 1.82) is 0 Å². The van der Waals surface area contributed by atoms with E-state index in [4.69, 9.17) is 6.42 Å². The molecule has 0 radical (unpaired) electrons. The zero-order chi connectivity index (χ0) is 13.0.